The van der Waals surface area contributed by atoms with Crippen LogP contribution in [0.25, 0.3) is 0 Å². The van der Waals surface area contributed by atoms with Gasteiger partial charge in [-0.05, 0) is 70.1 Å². The largest absolute Gasteiger partial charge is 0.461 e. The first-order valence-electron chi connectivity index (χ1n) is 9.33. The SMILES string of the molecule is CC(=O)OC/C(=C/CC/C(=C/CC/C(C)=C\C=O)CO)C(O)CC=C(C)C. The Bertz CT molecular complexity index is 578. The minimum atomic E-state index is -0.697. The highest BCUT2D eigenvalue weighted by molar-refractivity contribution is 5.66. The van der Waals surface area contributed by atoms with Crippen molar-refractivity contribution >= 4 is 12.3 Å². The quantitative estimate of drug-likeness (QED) is 0.220. The Kier molecular flexibility index (Phi) is 14.0. The van der Waals surface area contributed by atoms with Gasteiger partial charge in [-0.2, -0.15) is 0 Å². The highest BCUT2D eigenvalue weighted by Gasteiger charge is 2.11. The standard InChI is InChI=1S/C22H34O5/c1-17(2)11-12-22(26)21(16-27-19(4)25)10-6-9-20(15-24)8-5-7-18(3)13-14-23/h8,10-11,13-14,22,24,26H,5-7,9,12,15-16H2,1-4H3/b18-13-,20-8-,21-10-. The fourth-order valence-electron chi connectivity index (χ4n) is 2.37. The monoisotopic (exact) mass is 378 g/mol. The third kappa shape index (κ3) is 13.8. The summed E-state index contributed by atoms with van der Waals surface area (Å²) >= 11 is 0. The van der Waals surface area contributed by atoms with E-state index in [1.54, 1.807) is 6.08 Å². The predicted molar refractivity (Wildman–Crippen MR) is 108 cm³/mol. The Balaban J connectivity index is 4.82. The summed E-state index contributed by atoms with van der Waals surface area (Å²) in [6.07, 6.45) is 10.7. The number of ether oxygens (including phenoxy) is 1. The van der Waals surface area contributed by atoms with E-state index >= 15 is 0 Å². The number of aliphatic hydroxyl groups excluding tert-OH is 2. The molecule has 0 heterocycles. The molecule has 0 aromatic heterocycles. The maximum Gasteiger partial charge on any atom is 0.302 e. The van der Waals surface area contributed by atoms with Gasteiger partial charge in [0.1, 0.15) is 12.9 Å². The molecule has 0 aromatic rings. The van der Waals surface area contributed by atoms with Crippen molar-refractivity contribution in [2.24, 2.45) is 0 Å². The lowest BCUT2D eigenvalue weighted by atomic mass is 10.0. The first kappa shape index (κ1) is 25.0. The molecule has 0 radical (unpaired) electrons. The van der Waals surface area contributed by atoms with E-state index in [2.05, 4.69) is 0 Å². The molecular weight excluding hydrogens is 344 g/mol. The summed E-state index contributed by atoms with van der Waals surface area (Å²) in [6.45, 7) is 7.22. The van der Waals surface area contributed by atoms with Crippen LogP contribution in [0.15, 0.2) is 46.6 Å². The highest BCUT2D eigenvalue weighted by atomic mass is 16.5. The smallest absolute Gasteiger partial charge is 0.302 e. The minimum absolute atomic E-state index is 0.0239. The minimum Gasteiger partial charge on any atom is -0.461 e. The zero-order chi connectivity index (χ0) is 20.7. The maximum absolute atomic E-state index is 11.1. The fraction of sp³-hybridized carbons (Fsp3) is 0.545. The van der Waals surface area contributed by atoms with Gasteiger partial charge >= 0.3 is 5.97 Å². The topological polar surface area (TPSA) is 83.8 Å². The molecule has 0 saturated carbocycles. The molecule has 27 heavy (non-hydrogen) atoms. The first-order valence-corrected chi connectivity index (χ1v) is 9.33. The van der Waals surface area contributed by atoms with Gasteiger partial charge in [-0.15, -0.1) is 0 Å². The van der Waals surface area contributed by atoms with Gasteiger partial charge in [-0.25, -0.2) is 0 Å². The maximum atomic E-state index is 11.1. The number of carbonyl (C=O) groups excluding carboxylic acids is 2. The Labute approximate surface area is 163 Å². The lowest BCUT2D eigenvalue weighted by Gasteiger charge is -2.14. The second-order valence-corrected chi connectivity index (χ2v) is 6.84. The van der Waals surface area contributed by atoms with E-state index in [1.807, 2.05) is 39.0 Å². The number of aliphatic hydroxyl groups is 2. The average molecular weight is 379 g/mol. The van der Waals surface area contributed by atoms with Crippen molar-refractivity contribution < 1.29 is 24.5 Å². The summed E-state index contributed by atoms with van der Waals surface area (Å²) in [5.74, 6) is -0.384. The summed E-state index contributed by atoms with van der Waals surface area (Å²) < 4.78 is 5.04. The molecule has 0 aliphatic rings. The number of rotatable bonds is 13. The van der Waals surface area contributed by atoms with Crippen LogP contribution in [0.5, 0.6) is 0 Å². The normalized spacial score (nSPS) is 13.9. The molecule has 0 fully saturated rings. The van der Waals surface area contributed by atoms with Gasteiger partial charge in [0.2, 0.25) is 0 Å². The van der Waals surface area contributed by atoms with Crippen LogP contribution in [0.1, 0.15) is 59.8 Å². The Morgan fingerprint density at radius 3 is 2.26 bits per heavy atom. The molecule has 0 aliphatic heterocycles. The summed E-state index contributed by atoms with van der Waals surface area (Å²) in [6, 6.07) is 0. The van der Waals surface area contributed by atoms with Crippen molar-refractivity contribution in [1.82, 2.24) is 0 Å². The molecular formula is C22H34O5. The van der Waals surface area contributed by atoms with Gasteiger partial charge in [-0.1, -0.05) is 29.4 Å². The van der Waals surface area contributed by atoms with Crippen molar-refractivity contribution in [2.75, 3.05) is 13.2 Å². The van der Waals surface area contributed by atoms with Gasteiger partial charge < -0.3 is 14.9 Å². The van der Waals surface area contributed by atoms with E-state index in [-0.39, 0.29) is 19.2 Å². The fourth-order valence-corrected chi connectivity index (χ4v) is 2.37. The van der Waals surface area contributed by atoms with Crippen molar-refractivity contribution in [3.63, 3.8) is 0 Å². The molecule has 0 spiro atoms. The average Bonchev–Trinajstić information content (AvgIpc) is 2.60. The summed E-state index contributed by atoms with van der Waals surface area (Å²) in [4.78, 5) is 21.5. The van der Waals surface area contributed by atoms with Gasteiger partial charge in [0.25, 0.3) is 0 Å². The van der Waals surface area contributed by atoms with E-state index in [0.29, 0.717) is 24.8 Å². The van der Waals surface area contributed by atoms with Crippen LogP contribution in [0, 0.1) is 0 Å². The van der Waals surface area contributed by atoms with E-state index in [9.17, 15) is 19.8 Å². The van der Waals surface area contributed by atoms with E-state index in [1.165, 1.54) is 6.92 Å². The lowest BCUT2D eigenvalue weighted by molar-refractivity contribution is -0.140. The Morgan fingerprint density at radius 2 is 1.70 bits per heavy atom. The van der Waals surface area contributed by atoms with E-state index in [0.717, 1.165) is 35.8 Å². The van der Waals surface area contributed by atoms with Crippen molar-refractivity contribution in [3.05, 3.63) is 46.6 Å². The van der Waals surface area contributed by atoms with E-state index in [4.69, 9.17) is 4.74 Å². The number of carbonyl (C=O) groups is 2. The van der Waals surface area contributed by atoms with Crippen LogP contribution >= 0.6 is 0 Å². The number of allylic oxidation sites excluding steroid dienone is 5. The van der Waals surface area contributed by atoms with Crippen molar-refractivity contribution in [3.8, 4) is 0 Å². The molecule has 1 unspecified atom stereocenters. The second-order valence-electron chi connectivity index (χ2n) is 6.84. The molecule has 1 atom stereocenters. The molecule has 0 aromatic carbocycles. The van der Waals surface area contributed by atoms with E-state index < -0.39 is 6.10 Å². The summed E-state index contributed by atoms with van der Waals surface area (Å²) in [7, 11) is 0. The molecule has 0 saturated heterocycles. The number of aldehydes is 1. The van der Waals surface area contributed by atoms with Crippen molar-refractivity contribution in [2.45, 2.75) is 65.9 Å². The van der Waals surface area contributed by atoms with Crippen LogP contribution in [0.3, 0.4) is 0 Å². The van der Waals surface area contributed by atoms with Gasteiger partial charge in [0.05, 0.1) is 12.7 Å². The van der Waals surface area contributed by atoms with Crippen LogP contribution in [0.4, 0.5) is 0 Å². The molecule has 5 nitrogen and oxygen atoms in total. The van der Waals surface area contributed by atoms with Gasteiger partial charge in [0.15, 0.2) is 0 Å². The number of hydrogen-bond donors (Lipinski definition) is 2. The number of hydrogen-bond acceptors (Lipinski definition) is 5. The highest BCUT2D eigenvalue weighted by Crippen LogP contribution is 2.15. The Hall–Kier alpha value is -1.98. The lowest BCUT2D eigenvalue weighted by Crippen LogP contribution is -2.16. The predicted octanol–water partition coefficient (Wildman–Crippen LogP) is 3.82. The molecule has 0 aliphatic carbocycles. The third-order valence-corrected chi connectivity index (χ3v) is 4.02. The zero-order valence-corrected chi connectivity index (χ0v) is 17.0. The third-order valence-electron chi connectivity index (χ3n) is 4.02. The molecule has 0 rings (SSSR count). The summed E-state index contributed by atoms with van der Waals surface area (Å²) in [5, 5.41) is 19.8. The molecule has 152 valence electrons. The molecule has 5 heteroatoms. The van der Waals surface area contributed by atoms with Crippen LogP contribution < -0.4 is 0 Å². The summed E-state index contributed by atoms with van der Waals surface area (Å²) in [5.41, 5.74) is 3.70. The second kappa shape index (κ2) is 15.1. The molecule has 2 N–H and O–H groups in total. The zero-order valence-electron chi connectivity index (χ0n) is 17.0. The van der Waals surface area contributed by atoms with Crippen molar-refractivity contribution in [1.29, 1.82) is 0 Å². The first-order chi connectivity index (χ1) is 12.8. The van der Waals surface area contributed by atoms with Crippen LogP contribution in [-0.4, -0.2) is 41.8 Å². The molecule has 0 bridgehead atoms. The molecule has 0 amide bonds. The number of esters is 1. The van der Waals surface area contributed by atoms with Crippen LogP contribution in [0.2, 0.25) is 0 Å². The van der Waals surface area contributed by atoms with Gasteiger partial charge in [-0.3, -0.25) is 9.59 Å². The van der Waals surface area contributed by atoms with Gasteiger partial charge in [0, 0.05) is 6.92 Å². The Morgan fingerprint density at radius 1 is 1.04 bits per heavy atom. The van der Waals surface area contributed by atoms with Crippen LogP contribution in [-0.2, 0) is 14.3 Å².